The van der Waals surface area contributed by atoms with Gasteiger partial charge < -0.3 is 19.4 Å². The fourth-order valence-corrected chi connectivity index (χ4v) is 5.04. The van der Waals surface area contributed by atoms with Crippen molar-refractivity contribution in [2.24, 2.45) is 0 Å². The zero-order valence-corrected chi connectivity index (χ0v) is 16.6. The zero-order valence-electron chi connectivity index (χ0n) is 16.6. The Labute approximate surface area is 170 Å². The number of amides is 2. The van der Waals surface area contributed by atoms with Crippen LogP contribution in [-0.2, 0) is 16.1 Å². The Morgan fingerprint density at radius 3 is 2.76 bits per heavy atom. The number of benzene rings is 2. The first-order valence-corrected chi connectivity index (χ1v) is 10.3. The van der Waals surface area contributed by atoms with Crippen molar-refractivity contribution in [3.05, 3.63) is 59.7 Å². The molecule has 2 aromatic carbocycles. The highest BCUT2D eigenvalue weighted by Crippen LogP contribution is 2.51. The van der Waals surface area contributed by atoms with Gasteiger partial charge in [-0.25, -0.2) is 4.79 Å². The molecule has 0 saturated carbocycles. The van der Waals surface area contributed by atoms with Crippen LogP contribution in [0, 0.1) is 0 Å². The summed E-state index contributed by atoms with van der Waals surface area (Å²) >= 11 is 0. The fourth-order valence-electron chi connectivity index (χ4n) is 5.04. The van der Waals surface area contributed by atoms with Crippen LogP contribution in [0.2, 0.25) is 0 Å². The van der Waals surface area contributed by atoms with Crippen LogP contribution in [0.5, 0.6) is 0 Å². The maximum atomic E-state index is 13.1. The number of carbonyl (C=O) groups is 2. The fraction of sp³-hybridized carbons (Fsp3) is 0.391. The Hall–Kier alpha value is -3.02. The lowest BCUT2D eigenvalue weighted by Crippen LogP contribution is -2.52. The number of rotatable bonds is 3. The van der Waals surface area contributed by atoms with Crippen molar-refractivity contribution in [3.63, 3.8) is 0 Å². The summed E-state index contributed by atoms with van der Waals surface area (Å²) in [5.74, 6) is 0.347. The summed E-state index contributed by atoms with van der Waals surface area (Å²) in [5.41, 5.74) is 4.52. The van der Waals surface area contributed by atoms with Crippen LogP contribution in [0.25, 0.3) is 0 Å². The van der Waals surface area contributed by atoms with Crippen molar-refractivity contribution in [1.29, 1.82) is 0 Å². The molecule has 3 aliphatic rings. The van der Waals surface area contributed by atoms with E-state index in [9.17, 15) is 9.59 Å². The Morgan fingerprint density at radius 2 is 1.97 bits per heavy atom. The molecule has 29 heavy (non-hydrogen) atoms. The topological polar surface area (TPSA) is 53.1 Å². The summed E-state index contributed by atoms with van der Waals surface area (Å²) in [6, 6.07) is 16.6. The van der Waals surface area contributed by atoms with Gasteiger partial charge in [0.05, 0.1) is 31.1 Å². The van der Waals surface area contributed by atoms with E-state index >= 15 is 0 Å². The Kier molecular flexibility index (Phi) is 4.42. The van der Waals surface area contributed by atoms with Gasteiger partial charge in [0.1, 0.15) is 0 Å². The van der Waals surface area contributed by atoms with E-state index in [2.05, 4.69) is 23.1 Å². The highest BCUT2D eigenvalue weighted by Gasteiger charge is 2.47. The van der Waals surface area contributed by atoms with Crippen LogP contribution in [0.15, 0.2) is 48.5 Å². The minimum absolute atomic E-state index is 0.131. The van der Waals surface area contributed by atoms with Gasteiger partial charge in [0, 0.05) is 25.0 Å². The number of ether oxygens (including phenoxy) is 1. The molecule has 6 nitrogen and oxygen atoms in total. The lowest BCUT2D eigenvalue weighted by Gasteiger charge is -2.41. The molecule has 0 aliphatic carbocycles. The average molecular weight is 391 g/mol. The predicted octanol–water partition coefficient (Wildman–Crippen LogP) is 3.37. The molecule has 1 saturated heterocycles. The van der Waals surface area contributed by atoms with E-state index in [1.807, 2.05) is 47.1 Å². The van der Waals surface area contributed by atoms with Crippen molar-refractivity contribution < 1.29 is 14.3 Å². The molecule has 3 aliphatic heterocycles. The second-order valence-electron chi connectivity index (χ2n) is 7.92. The van der Waals surface area contributed by atoms with Gasteiger partial charge in [-0.05, 0) is 30.5 Å². The van der Waals surface area contributed by atoms with E-state index in [0.29, 0.717) is 32.8 Å². The first-order chi connectivity index (χ1) is 14.2. The third kappa shape index (κ3) is 2.94. The number of hydrogen-bond acceptors (Lipinski definition) is 4. The largest absolute Gasteiger partial charge is 0.450 e. The lowest BCUT2D eigenvalue weighted by molar-refractivity contribution is -0.117. The Morgan fingerprint density at radius 1 is 1.14 bits per heavy atom. The van der Waals surface area contributed by atoms with Gasteiger partial charge in [0.2, 0.25) is 5.91 Å². The van der Waals surface area contributed by atoms with Crippen molar-refractivity contribution in [3.8, 4) is 0 Å². The summed E-state index contributed by atoms with van der Waals surface area (Å²) in [4.78, 5) is 31.3. The van der Waals surface area contributed by atoms with Gasteiger partial charge in [-0.2, -0.15) is 0 Å². The third-order valence-electron chi connectivity index (χ3n) is 6.32. The summed E-state index contributed by atoms with van der Waals surface area (Å²) in [6.07, 6.45) is 0.613. The molecule has 0 spiro atoms. The van der Waals surface area contributed by atoms with E-state index in [1.54, 1.807) is 0 Å². The standard InChI is InChI=1S/C23H25N3O3/c1-2-29-23(28)24-12-11-19-18(14-24)17-9-6-10-20-22(17)26(19)15-21(27)25(20)13-16-7-4-3-5-8-16/h3-10,18-19H,2,11-15H2,1H3. The minimum atomic E-state index is -0.237. The normalized spacial score (nSPS) is 22.4. The van der Waals surface area contributed by atoms with E-state index in [-0.39, 0.29) is 24.0 Å². The van der Waals surface area contributed by atoms with Crippen LogP contribution >= 0.6 is 0 Å². The quantitative estimate of drug-likeness (QED) is 0.805. The number of nitrogens with zero attached hydrogens (tertiary/aromatic N) is 3. The number of fused-ring (bicyclic) bond motifs is 3. The molecule has 5 rings (SSSR count). The zero-order chi connectivity index (χ0) is 20.0. The molecule has 6 heteroatoms. The van der Waals surface area contributed by atoms with Crippen molar-refractivity contribution in [1.82, 2.24) is 4.90 Å². The molecule has 2 unspecified atom stereocenters. The number of hydrogen-bond donors (Lipinski definition) is 0. The molecule has 0 aromatic heterocycles. The number of piperidine rings is 1. The maximum Gasteiger partial charge on any atom is 0.409 e. The SMILES string of the molecule is CCOC(=O)N1CCC2C(C1)c1cccc3c1N2CC(=O)N3Cc1ccccc1. The van der Waals surface area contributed by atoms with Crippen molar-refractivity contribution in [2.75, 3.05) is 36.0 Å². The second kappa shape index (κ2) is 7.10. The monoisotopic (exact) mass is 391 g/mol. The van der Waals surface area contributed by atoms with Crippen LogP contribution in [0.3, 0.4) is 0 Å². The number of anilines is 2. The molecule has 3 heterocycles. The first-order valence-electron chi connectivity index (χ1n) is 10.3. The Bertz CT molecular complexity index is 946. The average Bonchev–Trinajstić information content (AvgIpc) is 3.06. The number of carbonyl (C=O) groups excluding carboxylic acids is 2. The molecule has 0 bridgehead atoms. The molecule has 1 fully saturated rings. The predicted molar refractivity (Wildman–Crippen MR) is 111 cm³/mol. The van der Waals surface area contributed by atoms with Crippen molar-refractivity contribution in [2.45, 2.75) is 31.8 Å². The number of likely N-dealkylation sites (tertiary alicyclic amines) is 1. The Balaban J connectivity index is 1.48. The van der Waals surface area contributed by atoms with Gasteiger partial charge in [-0.3, -0.25) is 4.79 Å². The molecule has 2 amide bonds. The van der Waals surface area contributed by atoms with E-state index in [1.165, 1.54) is 11.3 Å². The molecular weight excluding hydrogens is 366 g/mol. The highest BCUT2D eigenvalue weighted by atomic mass is 16.6. The number of para-hydroxylation sites is 1. The maximum absolute atomic E-state index is 13.1. The van der Waals surface area contributed by atoms with Gasteiger partial charge >= 0.3 is 6.09 Å². The van der Waals surface area contributed by atoms with E-state index in [0.717, 1.165) is 17.7 Å². The molecule has 150 valence electrons. The van der Waals surface area contributed by atoms with E-state index < -0.39 is 0 Å². The summed E-state index contributed by atoms with van der Waals surface area (Å²) in [7, 11) is 0. The molecule has 2 atom stereocenters. The van der Waals surface area contributed by atoms with Crippen LogP contribution in [0.1, 0.15) is 30.4 Å². The van der Waals surface area contributed by atoms with Gasteiger partial charge in [-0.15, -0.1) is 0 Å². The lowest BCUT2D eigenvalue weighted by atomic mass is 9.89. The smallest absolute Gasteiger partial charge is 0.409 e. The van der Waals surface area contributed by atoms with Gasteiger partial charge in [0.15, 0.2) is 0 Å². The van der Waals surface area contributed by atoms with E-state index in [4.69, 9.17) is 4.74 Å². The molecule has 2 aromatic rings. The van der Waals surface area contributed by atoms with Crippen LogP contribution in [0.4, 0.5) is 16.2 Å². The second-order valence-corrected chi connectivity index (χ2v) is 7.92. The van der Waals surface area contributed by atoms with Crippen molar-refractivity contribution >= 4 is 23.4 Å². The molecular formula is C23H25N3O3. The summed E-state index contributed by atoms with van der Waals surface area (Å²) in [6.45, 7) is 4.51. The van der Waals surface area contributed by atoms with Crippen LogP contribution < -0.4 is 9.80 Å². The third-order valence-corrected chi connectivity index (χ3v) is 6.32. The summed E-state index contributed by atoms with van der Waals surface area (Å²) in [5, 5.41) is 0. The van der Waals surface area contributed by atoms with Gasteiger partial charge in [0.25, 0.3) is 0 Å². The van der Waals surface area contributed by atoms with Gasteiger partial charge in [-0.1, -0.05) is 42.5 Å². The highest BCUT2D eigenvalue weighted by molar-refractivity contribution is 6.05. The molecule has 0 N–H and O–H groups in total. The minimum Gasteiger partial charge on any atom is -0.450 e. The van der Waals surface area contributed by atoms with Crippen LogP contribution in [-0.4, -0.2) is 49.2 Å². The summed E-state index contributed by atoms with van der Waals surface area (Å²) < 4.78 is 5.22. The first kappa shape index (κ1) is 18.0. The molecule has 0 radical (unpaired) electrons.